The van der Waals surface area contributed by atoms with Crippen LogP contribution in [0.4, 0.5) is 4.39 Å². The van der Waals surface area contributed by atoms with Gasteiger partial charge in [-0.25, -0.2) is 4.39 Å². The van der Waals surface area contributed by atoms with Crippen LogP contribution in [0.25, 0.3) is 0 Å². The molecule has 0 spiro atoms. The molecule has 1 aliphatic carbocycles. The molecule has 1 aliphatic rings. The molecule has 0 saturated carbocycles. The molecule has 2 heteroatoms. The van der Waals surface area contributed by atoms with Crippen LogP contribution in [0, 0.1) is 5.82 Å². The van der Waals surface area contributed by atoms with Crippen LogP contribution in [0.15, 0.2) is 42.5 Å². The summed E-state index contributed by atoms with van der Waals surface area (Å²) in [7, 11) is 0. The molecule has 2 aromatic carbocycles. The summed E-state index contributed by atoms with van der Waals surface area (Å²) in [6.07, 6.45) is 6.34. The van der Waals surface area contributed by atoms with Crippen molar-refractivity contribution in [3.63, 3.8) is 0 Å². The first kappa shape index (κ1) is 15.6. The van der Waals surface area contributed by atoms with Gasteiger partial charge in [-0.3, -0.25) is 0 Å². The van der Waals surface area contributed by atoms with Gasteiger partial charge in [0.15, 0.2) is 0 Å². The monoisotopic (exact) mass is 316 g/mol. The molecule has 1 unspecified atom stereocenters. The molecular formula is C20H22ClF. The van der Waals surface area contributed by atoms with E-state index in [1.165, 1.54) is 11.1 Å². The van der Waals surface area contributed by atoms with Crippen LogP contribution < -0.4 is 0 Å². The molecule has 22 heavy (non-hydrogen) atoms. The largest absolute Gasteiger partial charge is 0.207 e. The van der Waals surface area contributed by atoms with Crippen molar-refractivity contribution in [1.29, 1.82) is 0 Å². The quantitative estimate of drug-likeness (QED) is 0.621. The summed E-state index contributed by atoms with van der Waals surface area (Å²) >= 11 is 6.06. The molecule has 0 aromatic heterocycles. The van der Waals surface area contributed by atoms with Crippen molar-refractivity contribution < 1.29 is 4.39 Å². The van der Waals surface area contributed by atoms with Crippen molar-refractivity contribution in [2.24, 2.45) is 0 Å². The zero-order chi connectivity index (χ0) is 15.6. The summed E-state index contributed by atoms with van der Waals surface area (Å²) in [5.41, 5.74) is 3.12. The Balaban J connectivity index is 2.18. The molecule has 0 N–H and O–H groups in total. The van der Waals surface area contributed by atoms with Crippen LogP contribution in [0.2, 0.25) is 5.02 Å². The van der Waals surface area contributed by atoms with E-state index in [0.717, 1.165) is 49.1 Å². The van der Waals surface area contributed by atoms with E-state index in [4.69, 9.17) is 11.6 Å². The van der Waals surface area contributed by atoms with Crippen molar-refractivity contribution in [2.45, 2.75) is 50.9 Å². The van der Waals surface area contributed by atoms with Crippen LogP contribution in [-0.2, 0) is 11.8 Å². The number of hydrogen-bond donors (Lipinski definition) is 0. The minimum atomic E-state index is -0.195. The number of rotatable bonds is 4. The number of benzene rings is 2. The molecule has 116 valence electrons. The third-order valence-electron chi connectivity index (χ3n) is 4.98. The number of unbranched alkanes of at least 4 members (excludes halogenated alkanes) is 1. The molecule has 0 aliphatic heterocycles. The topological polar surface area (TPSA) is 0 Å². The Labute approximate surface area is 137 Å². The summed E-state index contributed by atoms with van der Waals surface area (Å²) in [6.45, 7) is 2.20. The van der Waals surface area contributed by atoms with Crippen LogP contribution in [0.5, 0.6) is 0 Å². The van der Waals surface area contributed by atoms with E-state index in [0.29, 0.717) is 0 Å². The number of halogens is 2. The van der Waals surface area contributed by atoms with Crippen LogP contribution >= 0.6 is 11.6 Å². The zero-order valence-electron chi connectivity index (χ0n) is 13.0. The summed E-state index contributed by atoms with van der Waals surface area (Å²) in [5.74, 6) is -0.0525. The summed E-state index contributed by atoms with van der Waals surface area (Å²) in [5, 5.41) is 0.735. The molecule has 0 bridgehead atoms. The Morgan fingerprint density at radius 1 is 1.14 bits per heavy atom. The van der Waals surface area contributed by atoms with Gasteiger partial charge < -0.3 is 0 Å². The lowest BCUT2D eigenvalue weighted by atomic mass is 9.63. The molecule has 0 amide bonds. The number of hydrogen-bond acceptors (Lipinski definition) is 0. The van der Waals surface area contributed by atoms with E-state index < -0.39 is 0 Å². The van der Waals surface area contributed by atoms with Gasteiger partial charge in [-0.2, -0.15) is 0 Å². The predicted molar refractivity (Wildman–Crippen MR) is 91.1 cm³/mol. The highest BCUT2D eigenvalue weighted by Crippen LogP contribution is 2.47. The molecule has 1 atom stereocenters. The molecule has 0 heterocycles. The van der Waals surface area contributed by atoms with Crippen LogP contribution in [0.1, 0.15) is 55.7 Å². The standard InChI is InChI=1S/C20H22ClF/c1-2-3-13-20(16-9-11-17(21)12-10-16)14-5-7-15-6-4-8-18(22)19(15)20/h4,6,8-12H,2-3,5,7,13-14H2,1H3. The van der Waals surface area contributed by atoms with Crippen molar-refractivity contribution >= 4 is 11.6 Å². The maximum Gasteiger partial charge on any atom is 0.127 e. The second-order valence-corrected chi connectivity index (χ2v) is 6.76. The lowest BCUT2D eigenvalue weighted by Crippen LogP contribution is -2.33. The minimum Gasteiger partial charge on any atom is -0.207 e. The maximum absolute atomic E-state index is 14.7. The van der Waals surface area contributed by atoms with Crippen LogP contribution in [0.3, 0.4) is 0 Å². The molecule has 2 aromatic rings. The molecular weight excluding hydrogens is 295 g/mol. The Bertz CT molecular complexity index is 647. The number of aryl methyl sites for hydroxylation is 1. The highest BCUT2D eigenvalue weighted by Gasteiger charge is 2.39. The Kier molecular flexibility index (Phi) is 4.54. The SMILES string of the molecule is CCCCC1(c2ccc(Cl)cc2)CCCc2cccc(F)c21. The van der Waals surface area contributed by atoms with Gasteiger partial charge in [0, 0.05) is 16.0 Å². The highest BCUT2D eigenvalue weighted by molar-refractivity contribution is 6.30. The van der Waals surface area contributed by atoms with E-state index in [2.05, 4.69) is 25.1 Å². The third-order valence-corrected chi connectivity index (χ3v) is 5.23. The summed E-state index contributed by atoms with van der Waals surface area (Å²) in [6, 6.07) is 13.6. The van der Waals surface area contributed by atoms with Crippen molar-refractivity contribution in [1.82, 2.24) is 0 Å². The lowest BCUT2D eigenvalue weighted by Gasteiger charge is -2.40. The Hall–Kier alpha value is -1.34. The first-order chi connectivity index (χ1) is 10.7. The average Bonchev–Trinajstić information content (AvgIpc) is 2.53. The molecule has 0 nitrogen and oxygen atoms in total. The van der Waals surface area contributed by atoms with Gasteiger partial charge in [0.2, 0.25) is 0 Å². The van der Waals surface area contributed by atoms with Gasteiger partial charge in [-0.15, -0.1) is 0 Å². The normalized spacial score (nSPS) is 20.7. The lowest BCUT2D eigenvalue weighted by molar-refractivity contribution is 0.369. The van der Waals surface area contributed by atoms with E-state index in [1.54, 1.807) is 6.07 Å². The van der Waals surface area contributed by atoms with Crippen molar-refractivity contribution in [3.8, 4) is 0 Å². The van der Waals surface area contributed by atoms with Crippen molar-refractivity contribution in [2.75, 3.05) is 0 Å². The fourth-order valence-corrected chi connectivity index (χ4v) is 4.08. The van der Waals surface area contributed by atoms with E-state index in [1.807, 2.05) is 18.2 Å². The van der Waals surface area contributed by atoms with E-state index >= 15 is 0 Å². The summed E-state index contributed by atoms with van der Waals surface area (Å²) < 4.78 is 14.7. The Morgan fingerprint density at radius 2 is 1.91 bits per heavy atom. The fraction of sp³-hybridized carbons (Fsp3) is 0.400. The predicted octanol–water partition coefficient (Wildman–Crippen LogP) is 6.29. The molecule has 0 fully saturated rings. The first-order valence-corrected chi connectivity index (χ1v) is 8.59. The van der Waals surface area contributed by atoms with Crippen LogP contribution in [-0.4, -0.2) is 0 Å². The van der Waals surface area contributed by atoms with E-state index in [9.17, 15) is 4.39 Å². The second-order valence-electron chi connectivity index (χ2n) is 6.32. The second kappa shape index (κ2) is 6.42. The highest BCUT2D eigenvalue weighted by atomic mass is 35.5. The third kappa shape index (κ3) is 2.67. The molecule has 0 saturated heterocycles. The fourth-order valence-electron chi connectivity index (χ4n) is 3.95. The van der Waals surface area contributed by atoms with Gasteiger partial charge >= 0.3 is 0 Å². The number of fused-ring (bicyclic) bond motifs is 1. The zero-order valence-corrected chi connectivity index (χ0v) is 13.8. The van der Waals surface area contributed by atoms with Gasteiger partial charge in [0.05, 0.1) is 0 Å². The minimum absolute atomic E-state index is 0.0525. The smallest absolute Gasteiger partial charge is 0.127 e. The molecule has 3 rings (SSSR count). The van der Waals surface area contributed by atoms with E-state index in [-0.39, 0.29) is 11.2 Å². The molecule has 0 radical (unpaired) electrons. The van der Waals surface area contributed by atoms with Gasteiger partial charge in [0.1, 0.15) is 5.82 Å². The Morgan fingerprint density at radius 3 is 2.64 bits per heavy atom. The summed E-state index contributed by atoms with van der Waals surface area (Å²) in [4.78, 5) is 0. The first-order valence-electron chi connectivity index (χ1n) is 8.21. The van der Waals surface area contributed by atoms with Gasteiger partial charge in [-0.1, -0.05) is 55.6 Å². The van der Waals surface area contributed by atoms with Gasteiger partial charge in [-0.05, 0) is 55.0 Å². The van der Waals surface area contributed by atoms with Crippen molar-refractivity contribution in [3.05, 3.63) is 70.0 Å². The average molecular weight is 317 g/mol. The maximum atomic E-state index is 14.7. The van der Waals surface area contributed by atoms with Gasteiger partial charge in [0.25, 0.3) is 0 Å².